The summed E-state index contributed by atoms with van der Waals surface area (Å²) in [6.45, 7) is 0. The van der Waals surface area contributed by atoms with E-state index >= 15 is 0 Å². The third-order valence-electron chi connectivity index (χ3n) is 10.1. The Morgan fingerprint density at radius 1 is 0.333 bits per heavy atom. The predicted octanol–water partition coefficient (Wildman–Crippen LogP) is 12.6. The molecule has 0 saturated heterocycles. The van der Waals surface area contributed by atoms with Crippen LogP contribution in [0.2, 0.25) is 0 Å². The SMILES string of the molecule is c1ccc(-n2c3ccccc3c3ccc(Nc4ccc(-c5ccc(C(c6ccccc6)(c6ccccc6)c6ccccc6)cc5)cc4)cc32)cc1. The molecule has 0 bridgehead atoms. The van der Waals surface area contributed by atoms with Gasteiger partial charge in [-0.1, -0.05) is 170 Å². The fourth-order valence-corrected chi connectivity index (χ4v) is 7.79. The number of hydrogen-bond donors (Lipinski definition) is 1. The van der Waals surface area contributed by atoms with Crippen LogP contribution in [0.15, 0.2) is 212 Å². The Labute approximate surface area is 298 Å². The minimum atomic E-state index is -0.455. The molecule has 0 fully saturated rings. The summed E-state index contributed by atoms with van der Waals surface area (Å²) >= 11 is 0. The third kappa shape index (κ3) is 5.39. The lowest BCUT2D eigenvalue weighted by molar-refractivity contribution is 0.745. The molecule has 0 aliphatic heterocycles. The number of nitrogens with one attached hydrogen (secondary N) is 1. The normalized spacial score (nSPS) is 11.5. The molecule has 0 amide bonds. The smallest absolute Gasteiger partial charge is 0.0701 e. The van der Waals surface area contributed by atoms with Crippen LogP contribution < -0.4 is 5.32 Å². The maximum absolute atomic E-state index is 3.67. The first-order valence-corrected chi connectivity index (χ1v) is 17.5. The van der Waals surface area contributed by atoms with Gasteiger partial charge in [0.1, 0.15) is 0 Å². The van der Waals surface area contributed by atoms with Gasteiger partial charge in [0, 0.05) is 27.8 Å². The Hall–Kier alpha value is -6.64. The molecule has 0 saturated carbocycles. The number of aromatic nitrogens is 1. The number of anilines is 2. The van der Waals surface area contributed by atoms with E-state index in [0.717, 1.165) is 17.1 Å². The van der Waals surface area contributed by atoms with Gasteiger partial charge in [-0.25, -0.2) is 0 Å². The summed E-state index contributed by atoms with van der Waals surface area (Å²) in [4.78, 5) is 0. The first-order valence-electron chi connectivity index (χ1n) is 17.5. The van der Waals surface area contributed by atoms with Crippen LogP contribution in [0.25, 0.3) is 38.6 Å². The molecule has 1 aromatic heterocycles. The fraction of sp³-hybridized carbons (Fsp3) is 0.0204. The zero-order valence-corrected chi connectivity index (χ0v) is 28.2. The van der Waals surface area contributed by atoms with Gasteiger partial charge in [0.05, 0.1) is 16.4 Å². The summed E-state index contributed by atoms with van der Waals surface area (Å²) < 4.78 is 2.35. The number of benzene rings is 8. The lowest BCUT2D eigenvalue weighted by Gasteiger charge is -2.37. The summed E-state index contributed by atoms with van der Waals surface area (Å²) in [6, 6.07) is 76.4. The van der Waals surface area contributed by atoms with Crippen molar-refractivity contribution in [1.82, 2.24) is 4.57 Å². The van der Waals surface area contributed by atoms with E-state index in [0.29, 0.717) is 0 Å². The van der Waals surface area contributed by atoms with Crippen molar-refractivity contribution in [2.45, 2.75) is 5.41 Å². The lowest BCUT2D eigenvalue weighted by atomic mass is 9.65. The van der Waals surface area contributed by atoms with E-state index in [1.165, 1.54) is 55.2 Å². The van der Waals surface area contributed by atoms with Crippen LogP contribution in [0.5, 0.6) is 0 Å². The minimum absolute atomic E-state index is 0.455. The number of hydrogen-bond acceptors (Lipinski definition) is 1. The number of rotatable bonds is 8. The van der Waals surface area contributed by atoms with Crippen LogP contribution in [-0.2, 0) is 5.41 Å². The van der Waals surface area contributed by atoms with E-state index in [1.807, 2.05) is 0 Å². The van der Waals surface area contributed by atoms with Gasteiger partial charge in [-0.15, -0.1) is 0 Å². The average Bonchev–Trinajstić information content (AvgIpc) is 3.54. The highest BCUT2D eigenvalue weighted by Gasteiger charge is 2.38. The van der Waals surface area contributed by atoms with Crippen molar-refractivity contribution in [3.05, 3.63) is 235 Å². The first kappa shape index (κ1) is 30.4. The molecule has 9 rings (SSSR count). The van der Waals surface area contributed by atoms with Crippen LogP contribution in [0.3, 0.4) is 0 Å². The molecule has 9 aromatic rings. The molecule has 51 heavy (non-hydrogen) atoms. The number of nitrogens with zero attached hydrogens (tertiary/aromatic N) is 1. The lowest BCUT2D eigenvalue weighted by Crippen LogP contribution is -2.30. The number of fused-ring (bicyclic) bond motifs is 3. The Morgan fingerprint density at radius 2 is 0.765 bits per heavy atom. The van der Waals surface area contributed by atoms with Gasteiger partial charge < -0.3 is 9.88 Å². The van der Waals surface area contributed by atoms with E-state index in [9.17, 15) is 0 Å². The standard InChI is InChI=1S/C49H36N2/c1-5-15-38(16-6-1)49(39-17-7-2-8-18-39,40-19-9-3-10-20-40)41-29-25-36(26-30-41)37-27-31-42(32-28-37)50-43-33-34-46-45-23-13-14-24-47(45)51(48(46)35-43)44-21-11-4-12-22-44/h1-35,50H. The van der Waals surface area contributed by atoms with Crippen LogP contribution in [0.4, 0.5) is 11.4 Å². The van der Waals surface area contributed by atoms with Gasteiger partial charge in [0.2, 0.25) is 0 Å². The van der Waals surface area contributed by atoms with Crippen molar-refractivity contribution >= 4 is 33.2 Å². The van der Waals surface area contributed by atoms with Crippen molar-refractivity contribution in [1.29, 1.82) is 0 Å². The summed E-state index contributed by atoms with van der Waals surface area (Å²) in [5.41, 5.74) is 12.5. The zero-order chi connectivity index (χ0) is 34.0. The van der Waals surface area contributed by atoms with Crippen LogP contribution in [0.1, 0.15) is 22.3 Å². The van der Waals surface area contributed by atoms with E-state index < -0.39 is 5.41 Å². The van der Waals surface area contributed by atoms with Crippen LogP contribution >= 0.6 is 0 Å². The maximum atomic E-state index is 3.67. The largest absolute Gasteiger partial charge is 0.355 e. The van der Waals surface area contributed by atoms with Crippen molar-refractivity contribution in [3.8, 4) is 16.8 Å². The summed E-state index contributed by atoms with van der Waals surface area (Å²) in [5, 5.41) is 6.17. The Morgan fingerprint density at radius 3 is 1.33 bits per heavy atom. The molecule has 0 unspecified atom stereocenters. The topological polar surface area (TPSA) is 17.0 Å². The van der Waals surface area contributed by atoms with Gasteiger partial charge >= 0.3 is 0 Å². The second-order valence-electron chi connectivity index (χ2n) is 13.0. The molecule has 2 nitrogen and oxygen atoms in total. The molecule has 0 radical (unpaired) electrons. The van der Waals surface area contributed by atoms with Gasteiger partial charge in [0.25, 0.3) is 0 Å². The zero-order valence-electron chi connectivity index (χ0n) is 28.2. The Balaban J connectivity index is 1.05. The minimum Gasteiger partial charge on any atom is -0.355 e. The predicted molar refractivity (Wildman–Crippen MR) is 214 cm³/mol. The van der Waals surface area contributed by atoms with E-state index in [-0.39, 0.29) is 0 Å². The summed E-state index contributed by atoms with van der Waals surface area (Å²) in [5.74, 6) is 0. The molecule has 0 aliphatic rings. The van der Waals surface area contributed by atoms with Crippen molar-refractivity contribution < 1.29 is 0 Å². The maximum Gasteiger partial charge on any atom is 0.0701 e. The molecule has 1 N–H and O–H groups in total. The highest BCUT2D eigenvalue weighted by Crippen LogP contribution is 2.45. The highest BCUT2D eigenvalue weighted by atomic mass is 15.0. The first-order chi connectivity index (χ1) is 25.3. The molecule has 2 heteroatoms. The molecule has 242 valence electrons. The Kier molecular flexibility index (Phi) is 7.75. The molecular weight excluding hydrogens is 617 g/mol. The van der Waals surface area contributed by atoms with Gasteiger partial charge in [-0.2, -0.15) is 0 Å². The van der Waals surface area contributed by atoms with Gasteiger partial charge in [-0.3, -0.25) is 0 Å². The molecule has 0 aliphatic carbocycles. The average molecular weight is 653 g/mol. The van der Waals surface area contributed by atoms with Crippen LogP contribution in [0, 0.1) is 0 Å². The molecular formula is C49H36N2. The molecule has 8 aromatic carbocycles. The second-order valence-corrected chi connectivity index (χ2v) is 13.0. The van der Waals surface area contributed by atoms with E-state index in [2.05, 4.69) is 222 Å². The number of para-hydroxylation sites is 2. The highest BCUT2D eigenvalue weighted by molar-refractivity contribution is 6.10. The molecule has 0 spiro atoms. The molecule has 0 atom stereocenters. The molecule has 1 heterocycles. The van der Waals surface area contributed by atoms with Crippen LogP contribution in [-0.4, -0.2) is 4.57 Å². The fourth-order valence-electron chi connectivity index (χ4n) is 7.79. The van der Waals surface area contributed by atoms with Gasteiger partial charge in [0.15, 0.2) is 0 Å². The second kappa shape index (κ2) is 13.0. The third-order valence-corrected chi connectivity index (χ3v) is 10.1. The Bertz CT molecular complexity index is 2460. The summed E-state index contributed by atoms with van der Waals surface area (Å²) in [6.07, 6.45) is 0. The monoisotopic (exact) mass is 652 g/mol. The van der Waals surface area contributed by atoms with E-state index in [1.54, 1.807) is 0 Å². The van der Waals surface area contributed by atoms with Crippen molar-refractivity contribution in [2.24, 2.45) is 0 Å². The van der Waals surface area contributed by atoms with Crippen molar-refractivity contribution in [2.75, 3.05) is 5.32 Å². The van der Waals surface area contributed by atoms with E-state index in [4.69, 9.17) is 0 Å². The summed E-state index contributed by atoms with van der Waals surface area (Å²) in [7, 11) is 0. The van der Waals surface area contributed by atoms with Crippen molar-refractivity contribution in [3.63, 3.8) is 0 Å². The quantitative estimate of drug-likeness (QED) is 0.162. The van der Waals surface area contributed by atoms with Gasteiger partial charge in [-0.05, 0) is 75.8 Å².